The van der Waals surface area contributed by atoms with Crippen LogP contribution in [0.4, 0.5) is 0 Å². The summed E-state index contributed by atoms with van der Waals surface area (Å²) in [5.41, 5.74) is 0.540. The van der Waals surface area contributed by atoms with Crippen molar-refractivity contribution in [2.24, 2.45) is 46.3 Å². The van der Waals surface area contributed by atoms with Crippen LogP contribution in [0.2, 0.25) is 0 Å². The molecular weight excluding hydrogens is 523 g/mol. The summed E-state index contributed by atoms with van der Waals surface area (Å²) in [6.07, 6.45) is 10.7. The molecule has 4 saturated carbocycles. The van der Waals surface area contributed by atoms with Crippen LogP contribution in [0.25, 0.3) is 0 Å². The second-order valence-corrected chi connectivity index (χ2v) is 12.9. The molecule has 0 spiro atoms. The van der Waals surface area contributed by atoms with Crippen molar-refractivity contribution in [2.45, 2.75) is 91.1 Å². The van der Waals surface area contributed by atoms with Gasteiger partial charge in [-0.3, -0.25) is 9.59 Å². The van der Waals surface area contributed by atoms with Gasteiger partial charge in [0.1, 0.15) is 5.78 Å². The summed E-state index contributed by atoms with van der Waals surface area (Å²) in [4.78, 5) is 25.3. The van der Waals surface area contributed by atoms with Gasteiger partial charge in [-0.05, 0) is 91.8 Å². The maximum atomic E-state index is 13.6. The topological polar surface area (TPSA) is 52.6 Å². The first-order chi connectivity index (χ1) is 14.7. The second kappa shape index (κ2) is 9.44. The molecule has 31 heavy (non-hydrogen) atoms. The fraction of sp³-hybridized carbons (Fsp3) is 0.920. The molecule has 4 aliphatic rings. The Bertz CT molecular complexity index is 701. The molecule has 4 fully saturated rings. The molecule has 5 unspecified atom stereocenters. The van der Waals surface area contributed by atoms with Gasteiger partial charge in [-0.15, -0.1) is 0 Å². The van der Waals surface area contributed by atoms with Crippen LogP contribution >= 0.6 is 30.4 Å². The van der Waals surface area contributed by atoms with Gasteiger partial charge in [0.15, 0.2) is 0 Å². The molecule has 4 rings (SSSR count). The Morgan fingerprint density at radius 2 is 1.87 bits per heavy atom. The van der Waals surface area contributed by atoms with Gasteiger partial charge in [-0.1, -0.05) is 20.8 Å². The average Bonchev–Trinajstić information content (AvgIpc) is 3.10. The van der Waals surface area contributed by atoms with Crippen LogP contribution in [0.15, 0.2) is 0 Å². The number of ketones is 1. The predicted octanol–water partition coefficient (Wildman–Crippen LogP) is 6.80. The molecule has 9 atom stereocenters. The number of fused-ring (bicyclic) bond motifs is 5. The van der Waals surface area contributed by atoms with Crippen molar-refractivity contribution >= 4 is 42.2 Å². The molecule has 0 saturated heterocycles. The van der Waals surface area contributed by atoms with Gasteiger partial charge in [0.25, 0.3) is 0 Å². The van der Waals surface area contributed by atoms with Crippen LogP contribution in [-0.4, -0.2) is 25.0 Å². The van der Waals surface area contributed by atoms with Crippen molar-refractivity contribution in [1.29, 1.82) is 0 Å². The van der Waals surface area contributed by atoms with E-state index < -0.39 is 0 Å². The molecular formula is C25H39IO4S. The molecule has 0 N–H and O–H groups in total. The fourth-order valence-corrected chi connectivity index (χ4v) is 9.81. The smallest absolute Gasteiger partial charge is 0.305 e. The lowest BCUT2D eigenvalue weighted by molar-refractivity contribution is -0.159. The molecule has 4 nitrogen and oxygen atoms in total. The normalized spacial score (nSPS) is 45.4. The monoisotopic (exact) mass is 562 g/mol. The Hall–Kier alpha value is 0.180. The van der Waals surface area contributed by atoms with Crippen molar-refractivity contribution in [2.75, 3.05) is 7.11 Å². The highest BCUT2D eigenvalue weighted by Gasteiger charge is 2.63. The summed E-state index contributed by atoms with van der Waals surface area (Å²) in [5, 5.41) is 0. The number of Topliss-reactive ketones (excluding diaryl/α,β-unsaturated/α-hetero) is 1. The number of carbonyl (C=O) groups excluding carboxylic acids is 2. The van der Waals surface area contributed by atoms with Gasteiger partial charge in [0, 0.05) is 40.0 Å². The van der Waals surface area contributed by atoms with E-state index in [1.54, 1.807) is 0 Å². The molecule has 0 bridgehead atoms. The molecule has 6 heteroatoms. The molecule has 0 aromatic carbocycles. The van der Waals surface area contributed by atoms with E-state index in [4.69, 9.17) is 8.92 Å². The van der Waals surface area contributed by atoms with Crippen molar-refractivity contribution < 1.29 is 18.5 Å². The second-order valence-electron chi connectivity index (χ2n) is 11.5. The highest BCUT2D eigenvalue weighted by atomic mass is 127. The van der Waals surface area contributed by atoms with Crippen LogP contribution in [0, 0.1) is 46.3 Å². The number of methoxy groups -OCH3 is 1. The van der Waals surface area contributed by atoms with Gasteiger partial charge < -0.3 is 8.92 Å². The lowest BCUT2D eigenvalue weighted by Gasteiger charge is -2.60. The maximum Gasteiger partial charge on any atom is 0.305 e. The van der Waals surface area contributed by atoms with E-state index in [9.17, 15) is 9.59 Å². The molecule has 0 radical (unpaired) electrons. The van der Waals surface area contributed by atoms with Gasteiger partial charge in [0.05, 0.1) is 22.4 Å². The van der Waals surface area contributed by atoms with E-state index in [-0.39, 0.29) is 17.3 Å². The van der Waals surface area contributed by atoms with Crippen LogP contribution < -0.4 is 0 Å². The minimum absolute atomic E-state index is 0.0998. The molecule has 0 aromatic rings. The summed E-state index contributed by atoms with van der Waals surface area (Å²) in [6.45, 7) is 7.30. The number of hydrogen-bond acceptors (Lipinski definition) is 5. The molecule has 0 aliphatic heterocycles. The first kappa shape index (κ1) is 24.3. The Morgan fingerprint density at radius 3 is 2.58 bits per heavy atom. The van der Waals surface area contributed by atoms with E-state index in [0.717, 1.165) is 25.7 Å². The minimum atomic E-state index is -0.0998. The minimum Gasteiger partial charge on any atom is -0.469 e. The zero-order chi connectivity index (χ0) is 22.4. The van der Waals surface area contributed by atoms with Gasteiger partial charge in [-0.2, -0.15) is 0 Å². The van der Waals surface area contributed by atoms with E-state index in [1.165, 1.54) is 48.4 Å². The Labute approximate surface area is 204 Å². The molecule has 176 valence electrons. The number of halogens is 1. The van der Waals surface area contributed by atoms with E-state index in [0.29, 0.717) is 53.3 Å². The van der Waals surface area contributed by atoms with Gasteiger partial charge in [0.2, 0.25) is 0 Å². The first-order valence-corrected chi connectivity index (χ1v) is 15.6. The zero-order valence-electron chi connectivity index (χ0n) is 19.5. The Kier molecular flexibility index (Phi) is 7.40. The van der Waals surface area contributed by atoms with Crippen LogP contribution in [0.3, 0.4) is 0 Å². The van der Waals surface area contributed by atoms with Crippen molar-refractivity contribution in [1.82, 2.24) is 0 Å². The summed E-state index contributed by atoms with van der Waals surface area (Å²) in [7, 11) is 2.92. The van der Waals surface area contributed by atoms with Crippen molar-refractivity contribution in [3.63, 3.8) is 0 Å². The third-order valence-electron chi connectivity index (χ3n) is 10.4. The van der Waals surface area contributed by atoms with Crippen molar-refractivity contribution in [3.8, 4) is 0 Å². The largest absolute Gasteiger partial charge is 0.469 e. The van der Waals surface area contributed by atoms with Gasteiger partial charge in [-0.25, -0.2) is 0 Å². The molecule has 0 aromatic heterocycles. The highest BCUT2D eigenvalue weighted by molar-refractivity contribution is 14.2. The molecule has 0 amide bonds. The zero-order valence-corrected chi connectivity index (χ0v) is 22.5. The Balaban J connectivity index is 1.51. The number of ether oxygens (including phenoxy) is 1. The van der Waals surface area contributed by atoms with E-state index >= 15 is 0 Å². The lowest BCUT2D eigenvalue weighted by atomic mass is 9.44. The van der Waals surface area contributed by atoms with E-state index in [1.807, 2.05) is 0 Å². The summed E-state index contributed by atoms with van der Waals surface area (Å²) >= 11 is 2.21. The van der Waals surface area contributed by atoms with Gasteiger partial charge >= 0.3 is 5.97 Å². The van der Waals surface area contributed by atoms with E-state index in [2.05, 4.69) is 42.0 Å². The SMILES string of the molecule is COC(=O)CC[C@@H](C)C1CCC2C3C(=O)CC4C[C@H](OSI)CC[C@]4(C)C3CC[C@@]21C. The summed E-state index contributed by atoms with van der Waals surface area (Å²) in [6, 6.07) is 0. The number of esters is 1. The van der Waals surface area contributed by atoms with Crippen LogP contribution in [0.1, 0.15) is 85.0 Å². The average molecular weight is 563 g/mol. The number of carbonyl (C=O) groups is 2. The Morgan fingerprint density at radius 1 is 1.16 bits per heavy atom. The third kappa shape index (κ3) is 4.24. The lowest BCUT2D eigenvalue weighted by Crippen LogP contribution is -2.57. The highest BCUT2D eigenvalue weighted by Crippen LogP contribution is 2.67. The third-order valence-corrected chi connectivity index (χ3v) is 11.4. The standard InChI is InChI=1S/C25H39IO4S/c1-15(5-8-22(28)29-4)18-6-7-19-23-20(10-12-25(18,19)3)24(2)11-9-17(30-31-26)13-16(24)14-21(23)27/h15-20,23H,5-14H2,1-4H3/t15-,16?,17-,18?,19?,20?,23?,24+,25-/m1/s1. The number of rotatable bonds is 6. The predicted molar refractivity (Wildman–Crippen MR) is 133 cm³/mol. The van der Waals surface area contributed by atoms with Crippen LogP contribution in [0.5, 0.6) is 0 Å². The van der Waals surface area contributed by atoms with Crippen molar-refractivity contribution in [3.05, 3.63) is 0 Å². The molecule has 4 aliphatic carbocycles. The number of hydrogen-bond donors (Lipinski definition) is 0. The fourth-order valence-electron chi connectivity index (χ4n) is 8.66. The quantitative estimate of drug-likeness (QED) is 0.203. The maximum absolute atomic E-state index is 13.6. The molecule has 0 heterocycles. The summed E-state index contributed by atoms with van der Waals surface area (Å²) in [5.74, 6) is 3.40. The van der Waals surface area contributed by atoms with Crippen LogP contribution in [-0.2, 0) is 18.5 Å². The summed E-state index contributed by atoms with van der Waals surface area (Å²) < 4.78 is 10.8. The first-order valence-electron chi connectivity index (χ1n) is 12.3.